The lowest BCUT2D eigenvalue weighted by molar-refractivity contribution is 0.0895. The standard InChI is InChI=1S/C22H22FN3O4/c23-15-5-6-17-20(11-15)30-25-21(17)14-7-9-26(10-8-14)22(27)24-12-16-13-28-18-3-1-2-4-19(18)29-16/h1-6,11,14,16H,7-10,12-13H2,(H,24,27). The first kappa shape index (κ1) is 18.7. The Kier molecular flexibility index (Phi) is 4.90. The quantitative estimate of drug-likeness (QED) is 0.711. The van der Waals surface area contributed by atoms with E-state index in [0.717, 1.165) is 29.7 Å². The van der Waals surface area contributed by atoms with E-state index < -0.39 is 0 Å². The average molecular weight is 411 g/mol. The number of fused-ring (bicyclic) bond motifs is 2. The van der Waals surface area contributed by atoms with Gasteiger partial charge in [0.25, 0.3) is 0 Å². The summed E-state index contributed by atoms with van der Waals surface area (Å²) < 4.78 is 30.2. The number of likely N-dealkylation sites (tertiary alicyclic amines) is 1. The van der Waals surface area contributed by atoms with Gasteiger partial charge in [0.15, 0.2) is 23.2 Å². The van der Waals surface area contributed by atoms with E-state index in [4.69, 9.17) is 14.0 Å². The highest BCUT2D eigenvalue weighted by Gasteiger charge is 2.28. The third-order valence-electron chi connectivity index (χ3n) is 5.68. The lowest BCUT2D eigenvalue weighted by atomic mass is 9.92. The summed E-state index contributed by atoms with van der Waals surface area (Å²) in [7, 11) is 0. The molecular weight excluding hydrogens is 389 g/mol. The Bertz CT molecular complexity index is 1060. The van der Waals surface area contributed by atoms with Gasteiger partial charge in [0.2, 0.25) is 0 Å². The molecule has 3 aromatic rings. The monoisotopic (exact) mass is 411 g/mol. The zero-order valence-corrected chi connectivity index (χ0v) is 16.3. The summed E-state index contributed by atoms with van der Waals surface area (Å²) in [6.07, 6.45) is 1.34. The zero-order chi connectivity index (χ0) is 20.5. The second-order valence-corrected chi connectivity index (χ2v) is 7.65. The van der Waals surface area contributed by atoms with Gasteiger partial charge in [-0.2, -0.15) is 0 Å². The fraction of sp³-hybridized carbons (Fsp3) is 0.364. The van der Waals surface area contributed by atoms with Gasteiger partial charge in [-0.05, 0) is 37.1 Å². The van der Waals surface area contributed by atoms with E-state index in [2.05, 4.69) is 10.5 Å². The predicted molar refractivity (Wildman–Crippen MR) is 107 cm³/mol. The molecule has 0 spiro atoms. The number of rotatable bonds is 3. The van der Waals surface area contributed by atoms with Gasteiger partial charge in [0, 0.05) is 30.5 Å². The second kappa shape index (κ2) is 7.85. The summed E-state index contributed by atoms with van der Waals surface area (Å²) in [5.74, 6) is 1.27. The summed E-state index contributed by atoms with van der Waals surface area (Å²) in [6.45, 7) is 2.03. The van der Waals surface area contributed by atoms with Gasteiger partial charge in [-0.3, -0.25) is 0 Å². The van der Waals surface area contributed by atoms with Crippen molar-refractivity contribution in [3.8, 4) is 11.5 Å². The third-order valence-corrected chi connectivity index (χ3v) is 5.68. The molecule has 2 aromatic carbocycles. The van der Waals surface area contributed by atoms with Crippen LogP contribution >= 0.6 is 0 Å². The highest BCUT2D eigenvalue weighted by Crippen LogP contribution is 2.33. The average Bonchev–Trinajstić information content (AvgIpc) is 3.20. The highest BCUT2D eigenvalue weighted by molar-refractivity contribution is 5.80. The third kappa shape index (κ3) is 3.65. The van der Waals surface area contributed by atoms with E-state index in [0.29, 0.717) is 37.6 Å². The van der Waals surface area contributed by atoms with Crippen LogP contribution in [0.4, 0.5) is 9.18 Å². The van der Waals surface area contributed by atoms with Crippen molar-refractivity contribution >= 4 is 17.0 Å². The van der Waals surface area contributed by atoms with E-state index in [1.165, 1.54) is 12.1 Å². The maximum Gasteiger partial charge on any atom is 0.317 e. The first-order chi connectivity index (χ1) is 14.7. The molecular formula is C22H22FN3O4. The van der Waals surface area contributed by atoms with E-state index in [1.54, 1.807) is 11.0 Å². The van der Waals surface area contributed by atoms with Gasteiger partial charge in [0.05, 0.1) is 12.2 Å². The lowest BCUT2D eigenvalue weighted by Gasteiger charge is -2.32. The van der Waals surface area contributed by atoms with Crippen LogP contribution < -0.4 is 14.8 Å². The molecule has 1 aromatic heterocycles. The molecule has 7 nitrogen and oxygen atoms in total. The molecule has 1 atom stereocenters. The van der Waals surface area contributed by atoms with E-state index in [-0.39, 0.29) is 23.9 Å². The number of nitrogens with one attached hydrogen (secondary N) is 1. The van der Waals surface area contributed by atoms with Gasteiger partial charge in [-0.15, -0.1) is 0 Å². The Morgan fingerprint density at radius 3 is 2.80 bits per heavy atom. The number of halogens is 1. The summed E-state index contributed by atoms with van der Waals surface area (Å²) >= 11 is 0. The molecule has 2 aliphatic rings. The fourth-order valence-electron chi connectivity index (χ4n) is 4.06. The maximum absolute atomic E-state index is 13.4. The molecule has 30 heavy (non-hydrogen) atoms. The van der Waals surface area contributed by atoms with Crippen molar-refractivity contribution in [2.24, 2.45) is 0 Å². The molecule has 0 saturated carbocycles. The Labute approximate surface area is 172 Å². The summed E-state index contributed by atoms with van der Waals surface area (Å²) in [5.41, 5.74) is 1.30. The molecule has 3 heterocycles. The van der Waals surface area contributed by atoms with Crippen molar-refractivity contribution in [3.05, 3.63) is 54.0 Å². The number of nitrogens with zero attached hydrogens (tertiary/aromatic N) is 2. The second-order valence-electron chi connectivity index (χ2n) is 7.65. The Morgan fingerprint density at radius 1 is 1.17 bits per heavy atom. The Morgan fingerprint density at radius 2 is 1.97 bits per heavy atom. The number of benzene rings is 2. The molecule has 2 aliphatic heterocycles. The number of carbonyl (C=O) groups is 1. The normalized spacial score (nSPS) is 19.1. The maximum atomic E-state index is 13.4. The molecule has 0 bridgehead atoms. The van der Waals surface area contributed by atoms with Crippen LogP contribution in [0.25, 0.3) is 11.0 Å². The molecule has 156 valence electrons. The van der Waals surface area contributed by atoms with Crippen LogP contribution in [-0.2, 0) is 0 Å². The first-order valence-electron chi connectivity index (χ1n) is 10.1. The van der Waals surface area contributed by atoms with Crippen LogP contribution in [0, 0.1) is 5.82 Å². The van der Waals surface area contributed by atoms with E-state index in [1.807, 2.05) is 24.3 Å². The molecule has 0 aliphatic carbocycles. The van der Waals surface area contributed by atoms with Crippen LogP contribution in [0.3, 0.4) is 0 Å². The molecule has 0 radical (unpaired) electrons. The number of ether oxygens (including phenoxy) is 2. The summed E-state index contributed by atoms with van der Waals surface area (Å²) in [5, 5.41) is 7.94. The summed E-state index contributed by atoms with van der Waals surface area (Å²) in [4.78, 5) is 14.4. The molecule has 5 rings (SSSR count). The number of hydrogen-bond donors (Lipinski definition) is 1. The molecule has 1 N–H and O–H groups in total. The molecule has 8 heteroatoms. The van der Waals surface area contributed by atoms with Crippen molar-refractivity contribution < 1.29 is 23.2 Å². The van der Waals surface area contributed by atoms with Crippen molar-refractivity contribution in [2.45, 2.75) is 24.9 Å². The number of carbonyl (C=O) groups excluding carboxylic acids is 1. The first-order valence-corrected chi connectivity index (χ1v) is 10.1. The SMILES string of the molecule is O=C(NCC1COc2ccccc2O1)N1CCC(c2noc3cc(F)ccc23)CC1. The van der Waals surface area contributed by atoms with Crippen molar-refractivity contribution in [1.82, 2.24) is 15.4 Å². The van der Waals surface area contributed by atoms with Crippen LogP contribution in [0.2, 0.25) is 0 Å². The smallest absolute Gasteiger partial charge is 0.317 e. The van der Waals surface area contributed by atoms with Crippen LogP contribution in [0.5, 0.6) is 11.5 Å². The number of amides is 2. The van der Waals surface area contributed by atoms with Crippen LogP contribution in [0.1, 0.15) is 24.5 Å². The largest absolute Gasteiger partial charge is 0.486 e. The zero-order valence-electron chi connectivity index (χ0n) is 16.3. The van der Waals surface area contributed by atoms with Gasteiger partial charge in [0.1, 0.15) is 12.4 Å². The number of hydrogen-bond acceptors (Lipinski definition) is 5. The van der Waals surface area contributed by atoms with E-state index >= 15 is 0 Å². The summed E-state index contributed by atoms with van der Waals surface area (Å²) in [6, 6.07) is 11.9. The van der Waals surface area contributed by atoms with Gasteiger partial charge in [-0.25, -0.2) is 9.18 Å². The number of urea groups is 1. The molecule has 1 fully saturated rings. The van der Waals surface area contributed by atoms with Gasteiger partial charge in [-0.1, -0.05) is 17.3 Å². The van der Waals surface area contributed by atoms with Crippen molar-refractivity contribution in [1.29, 1.82) is 0 Å². The van der Waals surface area contributed by atoms with Gasteiger partial charge >= 0.3 is 6.03 Å². The predicted octanol–water partition coefficient (Wildman–Crippen LogP) is 3.70. The number of para-hydroxylation sites is 2. The van der Waals surface area contributed by atoms with Crippen LogP contribution in [-0.4, -0.2) is 48.4 Å². The number of piperidine rings is 1. The molecule has 2 amide bonds. The lowest BCUT2D eigenvalue weighted by Crippen LogP contribution is -2.48. The minimum atomic E-state index is -0.340. The van der Waals surface area contributed by atoms with Crippen molar-refractivity contribution in [2.75, 3.05) is 26.2 Å². The minimum Gasteiger partial charge on any atom is -0.486 e. The van der Waals surface area contributed by atoms with Gasteiger partial charge < -0.3 is 24.2 Å². The van der Waals surface area contributed by atoms with E-state index in [9.17, 15) is 9.18 Å². The Balaban J connectivity index is 1.14. The molecule has 1 saturated heterocycles. The van der Waals surface area contributed by atoms with Crippen molar-refractivity contribution in [3.63, 3.8) is 0 Å². The topological polar surface area (TPSA) is 76.8 Å². The minimum absolute atomic E-state index is 0.108. The molecule has 1 unspecified atom stereocenters. The number of aromatic nitrogens is 1. The fourth-order valence-corrected chi connectivity index (χ4v) is 4.06. The highest BCUT2D eigenvalue weighted by atomic mass is 19.1. The Hall–Kier alpha value is -3.29. The van der Waals surface area contributed by atoms with Crippen LogP contribution in [0.15, 0.2) is 47.0 Å².